The molecule has 2 heterocycles. The zero-order chi connectivity index (χ0) is 15.2. The molecule has 2 bridgehead atoms. The second-order valence-corrected chi connectivity index (χ2v) is 6.86. The maximum atomic E-state index is 10.8. The molecule has 4 rings (SSSR count). The van der Waals surface area contributed by atoms with Gasteiger partial charge in [-0.05, 0) is 37.1 Å². The molecular weight excluding hydrogens is 274 g/mol. The first kappa shape index (κ1) is 14.0. The Morgan fingerprint density at radius 1 is 1.09 bits per heavy atom. The highest BCUT2D eigenvalue weighted by molar-refractivity contribution is 5.94. The van der Waals surface area contributed by atoms with E-state index in [0.717, 1.165) is 12.8 Å². The van der Waals surface area contributed by atoms with Crippen LogP contribution in [0.4, 0.5) is 5.69 Å². The second-order valence-electron chi connectivity index (χ2n) is 6.86. The molecule has 2 aliphatic heterocycles. The van der Waals surface area contributed by atoms with E-state index in [-0.39, 0.29) is 0 Å². The molecule has 0 spiro atoms. The predicted molar refractivity (Wildman–Crippen MR) is 89.3 cm³/mol. The quantitative estimate of drug-likeness (QED) is 0.943. The number of piperidine rings is 1. The van der Waals surface area contributed by atoms with Crippen molar-refractivity contribution in [3.05, 3.63) is 42.5 Å². The van der Waals surface area contributed by atoms with Crippen molar-refractivity contribution in [2.24, 2.45) is 0 Å². The molecule has 2 fully saturated rings. The highest BCUT2D eigenvalue weighted by Gasteiger charge is 2.47. The van der Waals surface area contributed by atoms with Gasteiger partial charge in [0.15, 0.2) is 0 Å². The Hall–Kier alpha value is -1.58. The molecule has 0 saturated carbocycles. The highest BCUT2D eigenvalue weighted by Crippen LogP contribution is 2.45. The molecule has 2 aromatic rings. The van der Waals surface area contributed by atoms with Gasteiger partial charge in [-0.3, -0.25) is 0 Å². The largest absolute Gasteiger partial charge is 0.387 e. The van der Waals surface area contributed by atoms with E-state index in [9.17, 15) is 5.11 Å². The van der Waals surface area contributed by atoms with Crippen molar-refractivity contribution in [3.8, 4) is 0 Å². The van der Waals surface area contributed by atoms with E-state index >= 15 is 0 Å². The number of hydrogen-bond acceptors (Lipinski definition) is 3. The van der Waals surface area contributed by atoms with E-state index < -0.39 is 5.60 Å². The van der Waals surface area contributed by atoms with E-state index in [2.05, 4.69) is 47.4 Å². The van der Waals surface area contributed by atoms with E-state index in [1.807, 2.05) is 0 Å². The molecule has 0 amide bonds. The van der Waals surface area contributed by atoms with Crippen molar-refractivity contribution in [1.29, 1.82) is 0 Å². The minimum atomic E-state index is -0.651. The second kappa shape index (κ2) is 5.25. The number of methoxy groups -OCH3 is 1. The lowest BCUT2D eigenvalue weighted by Crippen LogP contribution is -2.53. The lowest BCUT2D eigenvalue weighted by atomic mass is 9.86. The highest BCUT2D eigenvalue weighted by atomic mass is 16.5. The van der Waals surface area contributed by atoms with Crippen LogP contribution in [-0.4, -0.2) is 36.5 Å². The smallest absolute Gasteiger partial charge is 0.0919 e. The van der Waals surface area contributed by atoms with Gasteiger partial charge in [0, 0.05) is 30.3 Å². The van der Waals surface area contributed by atoms with Crippen LogP contribution in [0.3, 0.4) is 0 Å². The average Bonchev–Trinajstić information content (AvgIpc) is 2.79. The van der Waals surface area contributed by atoms with Crippen LogP contribution in [0.15, 0.2) is 42.5 Å². The summed E-state index contributed by atoms with van der Waals surface area (Å²) < 4.78 is 5.25. The van der Waals surface area contributed by atoms with Crippen LogP contribution < -0.4 is 4.90 Å². The van der Waals surface area contributed by atoms with Crippen molar-refractivity contribution < 1.29 is 9.84 Å². The Morgan fingerprint density at radius 2 is 1.77 bits per heavy atom. The predicted octanol–water partition coefficient (Wildman–Crippen LogP) is 3.35. The van der Waals surface area contributed by atoms with E-state index in [0.29, 0.717) is 18.7 Å². The number of hydrogen-bond donors (Lipinski definition) is 1. The zero-order valence-corrected chi connectivity index (χ0v) is 13.0. The van der Waals surface area contributed by atoms with Gasteiger partial charge in [-0.2, -0.15) is 0 Å². The van der Waals surface area contributed by atoms with E-state index in [1.165, 1.54) is 29.3 Å². The van der Waals surface area contributed by atoms with Crippen LogP contribution in [0.25, 0.3) is 10.8 Å². The molecule has 2 aliphatic rings. The van der Waals surface area contributed by atoms with Crippen molar-refractivity contribution in [2.75, 3.05) is 18.6 Å². The monoisotopic (exact) mass is 297 g/mol. The van der Waals surface area contributed by atoms with Crippen LogP contribution in [0.1, 0.15) is 25.7 Å². The minimum absolute atomic E-state index is 0.421. The molecule has 22 heavy (non-hydrogen) atoms. The summed E-state index contributed by atoms with van der Waals surface area (Å²) in [7, 11) is 1.68. The average molecular weight is 297 g/mol. The molecule has 116 valence electrons. The molecule has 0 aromatic heterocycles. The number of fused-ring (bicyclic) bond motifs is 3. The number of anilines is 1. The van der Waals surface area contributed by atoms with Crippen LogP contribution >= 0.6 is 0 Å². The summed E-state index contributed by atoms with van der Waals surface area (Å²) >= 11 is 0. The van der Waals surface area contributed by atoms with Gasteiger partial charge in [-0.15, -0.1) is 0 Å². The number of aliphatic hydroxyl groups is 1. The lowest BCUT2D eigenvalue weighted by Gasteiger charge is -2.45. The normalized spacial score (nSPS) is 30.9. The van der Waals surface area contributed by atoms with Gasteiger partial charge in [-0.25, -0.2) is 0 Å². The molecule has 2 saturated heterocycles. The first-order chi connectivity index (χ1) is 10.7. The fourth-order valence-electron chi connectivity index (χ4n) is 4.54. The van der Waals surface area contributed by atoms with Gasteiger partial charge < -0.3 is 14.7 Å². The molecule has 2 unspecified atom stereocenters. The Bertz CT molecular complexity index is 665. The third-order valence-electron chi connectivity index (χ3n) is 5.31. The van der Waals surface area contributed by atoms with Crippen LogP contribution in [0, 0.1) is 0 Å². The fraction of sp³-hybridized carbons (Fsp3) is 0.474. The standard InChI is InChI=1S/C19H23NO2/c1-22-13-19(21)11-15-9-10-16(12-19)20(15)18-8-4-6-14-5-2-3-7-17(14)18/h2-8,15-16,21H,9-13H2,1H3. The van der Waals surface area contributed by atoms with Gasteiger partial charge in [0.05, 0.1) is 12.2 Å². The molecule has 0 aliphatic carbocycles. The third-order valence-corrected chi connectivity index (χ3v) is 5.31. The van der Waals surface area contributed by atoms with Crippen LogP contribution in [0.5, 0.6) is 0 Å². The third kappa shape index (κ3) is 2.20. The first-order valence-electron chi connectivity index (χ1n) is 8.18. The Kier molecular flexibility index (Phi) is 3.35. The van der Waals surface area contributed by atoms with Crippen molar-refractivity contribution in [1.82, 2.24) is 0 Å². The summed E-state index contributed by atoms with van der Waals surface area (Å²) in [6.07, 6.45) is 3.95. The number of nitrogens with zero attached hydrogens (tertiary/aromatic N) is 1. The summed E-state index contributed by atoms with van der Waals surface area (Å²) in [5.74, 6) is 0. The molecule has 2 atom stereocenters. The van der Waals surface area contributed by atoms with Gasteiger partial charge in [0.25, 0.3) is 0 Å². The molecule has 1 N–H and O–H groups in total. The number of ether oxygens (including phenoxy) is 1. The van der Waals surface area contributed by atoms with Crippen molar-refractivity contribution in [2.45, 2.75) is 43.4 Å². The van der Waals surface area contributed by atoms with Gasteiger partial charge in [0.1, 0.15) is 0 Å². The lowest BCUT2D eigenvalue weighted by molar-refractivity contribution is -0.0570. The summed E-state index contributed by atoms with van der Waals surface area (Å²) in [6, 6.07) is 16.0. The van der Waals surface area contributed by atoms with Gasteiger partial charge >= 0.3 is 0 Å². The van der Waals surface area contributed by atoms with Gasteiger partial charge in [-0.1, -0.05) is 36.4 Å². The maximum Gasteiger partial charge on any atom is 0.0919 e. The topological polar surface area (TPSA) is 32.7 Å². The minimum Gasteiger partial charge on any atom is -0.387 e. The molecule has 3 nitrogen and oxygen atoms in total. The summed E-state index contributed by atoms with van der Waals surface area (Å²) in [6.45, 7) is 0.448. The van der Waals surface area contributed by atoms with Crippen LogP contribution in [-0.2, 0) is 4.74 Å². The first-order valence-corrected chi connectivity index (χ1v) is 8.18. The summed E-state index contributed by atoms with van der Waals surface area (Å²) in [5, 5.41) is 13.4. The van der Waals surface area contributed by atoms with Crippen molar-refractivity contribution in [3.63, 3.8) is 0 Å². The Balaban J connectivity index is 1.72. The van der Waals surface area contributed by atoms with Crippen LogP contribution in [0.2, 0.25) is 0 Å². The molecule has 2 aromatic carbocycles. The SMILES string of the molecule is COCC1(O)CC2CCC(C1)N2c1cccc2ccccc12. The number of benzene rings is 2. The van der Waals surface area contributed by atoms with Gasteiger partial charge in [0.2, 0.25) is 0 Å². The molecule has 0 radical (unpaired) electrons. The Morgan fingerprint density at radius 3 is 2.50 bits per heavy atom. The van der Waals surface area contributed by atoms with Crippen molar-refractivity contribution >= 4 is 16.5 Å². The molecular formula is C19H23NO2. The summed E-state index contributed by atoms with van der Waals surface area (Å²) in [4.78, 5) is 2.56. The zero-order valence-electron chi connectivity index (χ0n) is 13.0. The summed E-state index contributed by atoms with van der Waals surface area (Å²) in [5.41, 5.74) is 0.673. The fourth-order valence-corrected chi connectivity index (χ4v) is 4.54. The van der Waals surface area contributed by atoms with E-state index in [4.69, 9.17) is 4.74 Å². The Labute approximate surface area is 131 Å². The molecule has 3 heteroatoms. The maximum absolute atomic E-state index is 10.8. The number of rotatable bonds is 3. The van der Waals surface area contributed by atoms with E-state index in [1.54, 1.807) is 7.11 Å².